The van der Waals surface area contributed by atoms with Gasteiger partial charge in [0.15, 0.2) is 0 Å². The van der Waals surface area contributed by atoms with E-state index in [2.05, 4.69) is 24.5 Å². The Bertz CT molecular complexity index is 285. The summed E-state index contributed by atoms with van der Waals surface area (Å²) in [5, 5.41) is 6.19. The second-order valence-corrected chi connectivity index (χ2v) is 6.80. The third-order valence-electron chi connectivity index (χ3n) is 2.97. The van der Waals surface area contributed by atoms with Gasteiger partial charge in [-0.05, 0) is 67.5 Å². The van der Waals surface area contributed by atoms with E-state index in [4.69, 9.17) is 9.47 Å². The van der Waals surface area contributed by atoms with Crippen molar-refractivity contribution in [1.82, 2.24) is 10.6 Å². The monoisotopic (exact) mass is 288 g/mol. The zero-order valence-corrected chi connectivity index (χ0v) is 14.1. The first-order valence-electron chi connectivity index (χ1n) is 7.31. The molecule has 5 nitrogen and oxygen atoms in total. The van der Waals surface area contributed by atoms with Gasteiger partial charge < -0.3 is 20.1 Å². The molecule has 20 heavy (non-hydrogen) atoms. The maximum absolute atomic E-state index is 11.6. The SMILES string of the molecule is COC(C)(C)CCNCCC(C)NC(=O)OC(C)(C)C. The van der Waals surface area contributed by atoms with Crippen LogP contribution in [0.4, 0.5) is 4.79 Å². The van der Waals surface area contributed by atoms with Crippen LogP contribution in [0.15, 0.2) is 0 Å². The summed E-state index contributed by atoms with van der Waals surface area (Å²) < 4.78 is 10.6. The second kappa shape index (κ2) is 8.47. The van der Waals surface area contributed by atoms with Crippen molar-refractivity contribution in [3.63, 3.8) is 0 Å². The first kappa shape index (κ1) is 19.2. The molecule has 0 aromatic heterocycles. The number of alkyl carbamates (subject to hydrolysis) is 1. The fourth-order valence-corrected chi connectivity index (χ4v) is 1.52. The Morgan fingerprint density at radius 1 is 1.15 bits per heavy atom. The average molecular weight is 288 g/mol. The molecule has 0 aliphatic carbocycles. The van der Waals surface area contributed by atoms with Crippen LogP contribution in [0, 0.1) is 0 Å². The minimum Gasteiger partial charge on any atom is -0.444 e. The van der Waals surface area contributed by atoms with Crippen molar-refractivity contribution in [3.05, 3.63) is 0 Å². The number of methoxy groups -OCH3 is 1. The van der Waals surface area contributed by atoms with E-state index >= 15 is 0 Å². The molecule has 0 saturated heterocycles. The third kappa shape index (κ3) is 11.1. The summed E-state index contributed by atoms with van der Waals surface area (Å²) in [5.74, 6) is 0. The molecular weight excluding hydrogens is 256 g/mol. The van der Waals surface area contributed by atoms with Crippen LogP contribution in [0.5, 0.6) is 0 Å². The Hall–Kier alpha value is -0.810. The maximum Gasteiger partial charge on any atom is 0.407 e. The molecule has 1 atom stereocenters. The molecule has 1 amide bonds. The molecule has 0 radical (unpaired) electrons. The molecule has 0 spiro atoms. The Balaban J connectivity index is 3.69. The Kier molecular flexibility index (Phi) is 8.13. The van der Waals surface area contributed by atoms with E-state index < -0.39 is 5.60 Å². The standard InChI is InChI=1S/C15H32N2O3/c1-12(17-13(18)20-14(2,3)4)8-10-16-11-9-15(5,6)19-7/h12,16H,8-11H2,1-7H3,(H,17,18). The molecule has 0 saturated carbocycles. The molecule has 120 valence electrons. The Morgan fingerprint density at radius 3 is 2.25 bits per heavy atom. The summed E-state index contributed by atoms with van der Waals surface area (Å²) in [5.41, 5.74) is -0.541. The summed E-state index contributed by atoms with van der Waals surface area (Å²) in [6.07, 6.45) is 1.47. The quantitative estimate of drug-likeness (QED) is 0.674. The minimum absolute atomic E-state index is 0.0899. The lowest BCUT2D eigenvalue weighted by Gasteiger charge is -2.23. The maximum atomic E-state index is 11.6. The van der Waals surface area contributed by atoms with Crippen molar-refractivity contribution < 1.29 is 14.3 Å². The topological polar surface area (TPSA) is 59.6 Å². The summed E-state index contributed by atoms with van der Waals surface area (Å²) in [7, 11) is 1.73. The summed E-state index contributed by atoms with van der Waals surface area (Å²) in [6, 6.07) is 0.0905. The van der Waals surface area contributed by atoms with E-state index in [1.165, 1.54) is 0 Å². The van der Waals surface area contributed by atoms with Crippen molar-refractivity contribution in [2.75, 3.05) is 20.2 Å². The van der Waals surface area contributed by atoms with Gasteiger partial charge in [0.05, 0.1) is 5.60 Å². The van der Waals surface area contributed by atoms with E-state index in [1.807, 2.05) is 27.7 Å². The molecule has 0 aliphatic rings. The fourth-order valence-electron chi connectivity index (χ4n) is 1.52. The van der Waals surface area contributed by atoms with E-state index in [1.54, 1.807) is 7.11 Å². The smallest absolute Gasteiger partial charge is 0.407 e. The lowest BCUT2D eigenvalue weighted by atomic mass is 10.1. The molecule has 2 N–H and O–H groups in total. The predicted octanol–water partition coefficient (Wildman–Crippen LogP) is 2.69. The summed E-state index contributed by atoms with van der Waals surface area (Å²) in [6.45, 7) is 13.5. The number of carbonyl (C=O) groups is 1. The van der Waals surface area contributed by atoms with Gasteiger partial charge in [-0.25, -0.2) is 4.79 Å². The van der Waals surface area contributed by atoms with Gasteiger partial charge in [0.1, 0.15) is 5.60 Å². The van der Waals surface area contributed by atoms with E-state index in [-0.39, 0.29) is 17.7 Å². The molecule has 5 heteroatoms. The van der Waals surface area contributed by atoms with Crippen molar-refractivity contribution >= 4 is 6.09 Å². The van der Waals surface area contributed by atoms with Gasteiger partial charge in [-0.1, -0.05) is 0 Å². The van der Waals surface area contributed by atoms with Gasteiger partial charge in [0.25, 0.3) is 0 Å². The highest BCUT2D eigenvalue weighted by Gasteiger charge is 2.18. The molecule has 0 heterocycles. The van der Waals surface area contributed by atoms with Gasteiger partial charge in [0, 0.05) is 13.2 Å². The molecule has 1 unspecified atom stereocenters. The molecular formula is C15H32N2O3. The van der Waals surface area contributed by atoms with Crippen molar-refractivity contribution in [2.45, 2.75) is 71.6 Å². The number of amides is 1. The van der Waals surface area contributed by atoms with Gasteiger partial charge in [-0.15, -0.1) is 0 Å². The van der Waals surface area contributed by atoms with Gasteiger partial charge >= 0.3 is 6.09 Å². The molecule has 0 fully saturated rings. The minimum atomic E-state index is -0.451. The highest BCUT2D eigenvalue weighted by molar-refractivity contribution is 5.67. The van der Waals surface area contributed by atoms with Gasteiger partial charge in [0.2, 0.25) is 0 Å². The average Bonchev–Trinajstić information content (AvgIpc) is 2.25. The van der Waals surface area contributed by atoms with Crippen LogP contribution < -0.4 is 10.6 Å². The van der Waals surface area contributed by atoms with Crippen LogP contribution in [-0.4, -0.2) is 43.5 Å². The lowest BCUT2D eigenvalue weighted by Crippen LogP contribution is -2.39. The van der Waals surface area contributed by atoms with Crippen molar-refractivity contribution in [1.29, 1.82) is 0 Å². The third-order valence-corrected chi connectivity index (χ3v) is 2.97. The van der Waals surface area contributed by atoms with Crippen LogP contribution in [0.3, 0.4) is 0 Å². The van der Waals surface area contributed by atoms with Crippen molar-refractivity contribution in [2.24, 2.45) is 0 Å². The van der Waals surface area contributed by atoms with E-state index in [0.29, 0.717) is 0 Å². The Labute approximate surface area is 123 Å². The first-order chi connectivity index (χ1) is 9.06. The number of carbonyl (C=O) groups excluding carboxylic acids is 1. The van der Waals surface area contributed by atoms with Gasteiger partial charge in [-0.2, -0.15) is 0 Å². The van der Waals surface area contributed by atoms with Crippen LogP contribution in [0.1, 0.15) is 54.4 Å². The number of hydrogen-bond acceptors (Lipinski definition) is 4. The normalized spacial score (nSPS) is 13.9. The zero-order valence-electron chi connectivity index (χ0n) is 14.1. The summed E-state index contributed by atoms with van der Waals surface area (Å²) in [4.78, 5) is 11.6. The lowest BCUT2D eigenvalue weighted by molar-refractivity contribution is 0.0159. The van der Waals surface area contributed by atoms with E-state index in [9.17, 15) is 4.79 Å². The van der Waals surface area contributed by atoms with E-state index in [0.717, 1.165) is 25.9 Å². The number of rotatable bonds is 8. The predicted molar refractivity (Wildman–Crippen MR) is 82.0 cm³/mol. The molecule has 0 bridgehead atoms. The molecule has 0 aromatic rings. The molecule has 0 aliphatic heterocycles. The summed E-state index contributed by atoms with van der Waals surface area (Å²) >= 11 is 0. The molecule has 0 aromatic carbocycles. The van der Waals surface area contributed by atoms with Crippen molar-refractivity contribution in [3.8, 4) is 0 Å². The number of ether oxygens (including phenoxy) is 2. The van der Waals surface area contributed by atoms with Crippen LogP contribution in [0.2, 0.25) is 0 Å². The second-order valence-electron chi connectivity index (χ2n) is 6.80. The highest BCUT2D eigenvalue weighted by Crippen LogP contribution is 2.11. The van der Waals surface area contributed by atoms with Crippen LogP contribution in [0.25, 0.3) is 0 Å². The van der Waals surface area contributed by atoms with Crippen LogP contribution in [-0.2, 0) is 9.47 Å². The first-order valence-corrected chi connectivity index (χ1v) is 7.31. The highest BCUT2D eigenvalue weighted by atomic mass is 16.6. The zero-order chi connectivity index (χ0) is 15.8. The fraction of sp³-hybridized carbons (Fsp3) is 0.933. The van der Waals surface area contributed by atoms with Gasteiger partial charge in [-0.3, -0.25) is 0 Å². The molecule has 0 rings (SSSR count). The number of nitrogens with one attached hydrogen (secondary N) is 2. The Morgan fingerprint density at radius 2 is 1.75 bits per heavy atom. The number of hydrogen-bond donors (Lipinski definition) is 2. The van der Waals surface area contributed by atoms with Crippen LogP contribution >= 0.6 is 0 Å². The largest absolute Gasteiger partial charge is 0.444 e.